The van der Waals surface area contributed by atoms with Crippen LogP contribution in [-0.2, 0) is 11.3 Å². The third-order valence-corrected chi connectivity index (χ3v) is 5.13. The van der Waals surface area contributed by atoms with Crippen LogP contribution in [-0.4, -0.2) is 42.8 Å². The number of likely N-dealkylation sites (tertiary alicyclic amines) is 1. The van der Waals surface area contributed by atoms with Gasteiger partial charge < -0.3 is 14.5 Å². The fraction of sp³-hybridized carbons (Fsp3) is 0.421. The number of carbonyl (C=O) groups is 1. The van der Waals surface area contributed by atoms with E-state index in [1.165, 1.54) is 4.90 Å². The Labute approximate surface area is 152 Å². The molecule has 3 rings (SSSR count). The highest BCUT2D eigenvalue weighted by Gasteiger charge is 2.30. The first-order valence-electron chi connectivity index (χ1n) is 8.57. The summed E-state index contributed by atoms with van der Waals surface area (Å²) in [6, 6.07) is 11.7. The molecule has 0 radical (unpaired) electrons. The second-order valence-electron chi connectivity index (χ2n) is 6.02. The van der Waals surface area contributed by atoms with Gasteiger partial charge in [0, 0.05) is 11.4 Å². The van der Waals surface area contributed by atoms with Crippen LogP contribution in [0, 0.1) is 0 Å². The number of nitrogens with zero attached hydrogens (tertiary/aromatic N) is 1. The first-order chi connectivity index (χ1) is 12.3. The fourth-order valence-electron chi connectivity index (χ4n) is 3.05. The number of thioether (sulfide) groups is 1. The molecule has 1 unspecified atom stereocenters. The van der Waals surface area contributed by atoms with Gasteiger partial charge in [0.15, 0.2) is 0 Å². The molecule has 25 heavy (non-hydrogen) atoms. The van der Waals surface area contributed by atoms with E-state index in [0.717, 1.165) is 37.4 Å². The predicted molar refractivity (Wildman–Crippen MR) is 98.9 cm³/mol. The predicted octanol–water partition coefficient (Wildman–Crippen LogP) is 3.16. The highest BCUT2D eigenvalue weighted by Crippen LogP contribution is 2.20. The second kappa shape index (κ2) is 8.97. The molecule has 0 bridgehead atoms. The molecule has 1 amide bonds. The summed E-state index contributed by atoms with van der Waals surface area (Å²) in [4.78, 5) is 15.8. The van der Waals surface area contributed by atoms with Crippen molar-refractivity contribution >= 4 is 17.7 Å². The summed E-state index contributed by atoms with van der Waals surface area (Å²) < 4.78 is 11.1. The first-order valence-corrected chi connectivity index (χ1v) is 9.80. The normalized spacial score (nSPS) is 17.6. The molecular formula is C19H24N2O3S. The number of ether oxygens (including phenoxy) is 1. The maximum Gasteiger partial charge on any atom is 0.237 e. The number of hydrogen-bond acceptors (Lipinski definition) is 5. The fourth-order valence-corrected chi connectivity index (χ4v) is 3.46. The summed E-state index contributed by atoms with van der Waals surface area (Å²) in [5, 5.41) is 2.96. The maximum absolute atomic E-state index is 12.4. The van der Waals surface area contributed by atoms with E-state index >= 15 is 0 Å². The van der Waals surface area contributed by atoms with E-state index in [4.69, 9.17) is 9.15 Å². The van der Waals surface area contributed by atoms with Gasteiger partial charge in [0.1, 0.15) is 18.1 Å². The zero-order chi connectivity index (χ0) is 17.5. The van der Waals surface area contributed by atoms with Crippen molar-refractivity contribution in [3.63, 3.8) is 0 Å². The van der Waals surface area contributed by atoms with Crippen molar-refractivity contribution < 1.29 is 13.9 Å². The van der Waals surface area contributed by atoms with E-state index in [1.807, 2.05) is 24.3 Å². The van der Waals surface area contributed by atoms with Gasteiger partial charge in [-0.05, 0) is 62.0 Å². The van der Waals surface area contributed by atoms with Crippen molar-refractivity contribution in [1.29, 1.82) is 0 Å². The zero-order valence-electron chi connectivity index (χ0n) is 14.4. The summed E-state index contributed by atoms with van der Waals surface area (Å²) in [5.74, 6) is 1.71. The van der Waals surface area contributed by atoms with Crippen LogP contribution in [0.5, 0.6) is 5.75 Å². The van der Waals surface area contributed by atoms with Gasteiger partial charge in [-0.3, -0.25) is 9.69 Å². The lowest BCUT2D eigenvalue weighted by Crippen LogP contribution is -2.44. The minimum absolute atomic E-state index is 0.0678. The Hall–Kier alpha value is -1.92. The standard InChI is InChI=1S/C19H24N2O3S/c1-25-17-8-6-15(7-9-17)24-13-11-21-10-2-5-18(21)19(22)20-14-16-4-3-12-23-16/h3-4,6-9,12,18H,2,5,10-11,13-14H2,1H3,(H,20,22). The average Bonchev–Trinajstić information content (AvgIpc) is 3.32. The lowest BCUT2D eigenvalue weighted by molar-refractivity contribution is -0.125. The molecule has 0 saturated carbocycles. The molecular weight excluding hydrogens is 336 g/mol. The smallest absolute Gasteiger partial charge is 0.237 e. The molecule has 0 aliphatic carbocycles. The van der Waals surface area contributed by atoms with Crippen molar-refractivity contribution in [3.05, 3.63) is 48.4 Å². The van der Waals surface area contributed by atoms with Crippen LogP contribution in [0.3, 0.4) is 0 Å². The minimum Gasteiger partial charge on any atom is -0.492 e. The van der Waals surface area contributed by atoms with Crippen LogP contribution in [0.1, 0.15) is 18.6 Å². The third kappa shape index (κ3) is 5.03. The van der Waals surface area contributed by atoms with Crippen LogP contribution >= 0.6 is 11.8 Å². The van der Waals surface area contributed by atoms with Gasteiger partial charge >= 0.3 is 0 Å². The van der Waals surface area contributed by atoms with Crippen molar-refractivity contribution in [2.45, 2.75) is 30.3 Å². The Balaban J connectivity index is 1.43. The number of rotatable bonds is 8. The minimum atomic E-state index is -0.0718. The van der Waals surface area contributed by atoms with Crippen LogP contribution in [0.2, 0.25) is 0 Å². The molecule has 1 fully saturated rings. The number of nitrogens with one attached hydrogen (secondary N) is 1. The van der Waals surface area contributed by atoms with Crippen LogP contribution < -0.4 is 10.1 Å². The molecule has 2 aromatic rings. The third-order valence-electron chi connectivity index (χ3n) is 4.39. The number of furan rings is 1. The Kier molecular flexibility index (Phi) is 6.42. The summed E-state index contributed by atoms with van der Waals surface area (Å²) in [5.41, 5.74) is 0. The molecule has 6 heteroatoms. The van der Waals surface area contributed by atoms with E-state index in [1.54, 1.807) is 18.0 Å². The quantitative estimate of drug-likeness (QED) is 0.733. The highest BCUT2D eigenvalue weighted by molar-refractivity contribution is 7.98. The average molecular weight is 360 g/mol. The van der Waals surface area contributed by atoms with E-state index in [0.29, 0.717) is 13.2 Å². The number of carbonyl (C=O) groups excluding carboxylic acids is 1. The van der Waals surface area contributed by atoms with Crippen LogP contribution in [0.25, 0.3) is 0 Å². The SMILES string of the molecule is CSc1ccc(OCCN2CCCC2C(=O)NCc2ccco2)cc1. The zero-order valence-corrected chi connectivity index (χ0v) is 15.3. The topological polar surface area (TPSA) is 54.7 Å². The first kappa shape index (κ1) is 17.9. The molecule has 1 N–H and O–H groups in total. The number of amides is 1. The lowest BCUT2D eigenvalue weighted by atomic mass is 10.2. The summed E-state index contributed by atoms with van der Waals surface area (Å²) in [6.45, 7) is 2.71. The molecule has 1 aliphatic rings. The monoisotopic (exact) mass is 360 g/mol. The van der Waals surface area contributed by atoms with E-state index < -0.39 is 0 Å². The van der Waals surface area contributed by atoms with Gasteiger partial charge in [-0.15, -0.1) is 11.8 Å². The summed E-state index contributed by atoms with van der Waals surface area (Å²) in [6.07, 6.45) is 5.61. The Bertz CT molecular complexity index is 658. The van der Waals surface area contributed by atoms with Crippen molar-refractivity contribution in [2.24, 2.45) is 0 Å². The van der Waals surface area contributed by atoms with E-state index in [9.17, 15) is 4.79 Å². The van der Waals surface area contributed by atoms with E-state index in [2.05, 4.69) is 28.6 Å². The molecule has 1 aromatic heterocycles. The van der Waals surface area contributed by atoms with Gasteiger partial charge in [-0.25, -0.2) is 0 Å². The van der Waals surface area contributed by atoms with Gasteiger partial charge in [-0.2, -0.15) is 0 Å². The Morgan fingerprint density at radius 3 is 2.92 bits per heavy atom. The molecule has 1 aromatic carbocycles. The molecule has 1 saturated heterocycles. The van der Waals surface area contributed by atoms with Gasteiger partial charge in [0.05, 0.1) is 18.8 Å². The summed E-state index contributed by atoms with van der Waals surface area (Å²) in [7, 11) is 0. The molecule has 1 aliphatic heterocycles. The molecule has 134 valence electrons. The van der Waals surface area contributed by atoms with Crippen molar-refractivity contribution in [1.82, 2.24) is 10.2 Å². The number of benzene rings is 1. The maximum atomic E-state index is 12.4. The second-order valence-corrected chi connectivity index (χ2v) is 6.89. The largest absolute Gasteiger partial charge is 0.492 e. The lowest BCUT2D eigenvalue weighted by Gasteiger charge is -2.23. The van der Waals surface area contributed by atoms with Crippen LogP contribution in [0.4, 0.5) is 0 Å². The van der Waals surface area contributed by atoms with Crippen molar-refractivity contribution in [3.8, 4) is 5.75 Å². The van der Waals surface area contributed by atoms with Crippen molar-refractivity contribution in [2.75, 3.05) is 26.0 Å². The molecule has 1 atom stereocenters. The Morgan fingerprint density at radius 2 is 2.20 bits per heavy atom. The molecule has 5 nitrogen and oxygen atoms in total. The van der Waals surface area contributed by atoms with Gasteiger partial charge in [0.2, 0.25) is 5.91 Å². The Morgan fingerprint density at radius 1 is 1.36 bits per heavy atom. The summed E-state index contributed by atoms with van der Waals surface area (Å²) >= 11 is 1.71. The van der Waals surface area contributed by atoms with Gasteiger partial charge in [-0.1, -0.05) is 0 Å². The van der Waals surface area contributed by atoms with E-state index in [-0.39, 0.29) is 11.9 Å². The molecule has 2 heterocycles. The number of hydrogen-bond donors (Lipinski definition) is 1. The van der Waals surface area contributed by atoms with Crippen LogP contribution in [0.15, 0.2) is 52.0 Å². The molecule has 0 spiro atoms. The highest BCUT2D eigenvalue weighted by atomic mass is 32.2. The van der Waals surface area contributed by atoms with Gasteiger partial charge in [0.25, 0.3) is 0 Å².